The maximum absolute atomic E-state index is 12.7. The second kappa shape index (κ2) is 8.67. The average Bonchev–Trinajstić information content (AvgIpc) is 3.16. The van der Waals surface area contributed by atoms with Gasteiger partial charge in [-0.25, -0.2) is 8.42 Å². The molecule has 0 atom stereocenters. The Labute approximate surface area is 161 Å². The molecule has 0 saturated heterocycles. The number of nitrogens with one attached hydrogen (secondary N) is 1. The van der Waals surface area contributed by atoms with Gasteiger partial charge in [-0.3, -0.25) is 4.79 Å². The Bertz CT molecular complexity index is 858. The van der Waals surface area contributed by atoms with Crippen LogP contribution in [0, 0.1) is 5.92 Å². The van der Waals surface area contributed by atoms with Crippen LogP contribution in [-0.2, 0) is 21.4 Å². The summed E-state index contributed by atoms with van der Waals surface area (Å²) in [7, 11) is -2.01. The van der Waals surface area contributed by atoms with Crippen molar-refractivity contribution in [2.24, 2.45) is 5.92 Å². The van der Waals surface area contributed by atoms with Crippen molar-refractivity contribution in [1.82, 2.24) is 4.31 Å². The normalized spacial score (nSPS) is 15.2. The average molecular weight is 387 g/mol. The highest BCUT2D eigenvalue weighted by Gasteiger charge is 2.21. The Kier molecular flexibility index (Phi) is 6.29. The summed E-state index contributed by atoms with van der Waals surface area (Å²) in [6.07, 6.45) is 5.21. The lowest BCUT2D eigenvalue weighted by atomic mass is 10.0. The minimum Gasteiger partial charge on any atom is -0.326 e. The van der Waals surface area contributed by atoms with Crippen molar-refractivity contribution in [3.05, 3.63) is 60.2 Å². The fourth-order valence-electron chi connectivity index (χ4n) is 3.50. The zero-order valence-corrected chi connectivity index (χ0v) is 16.4. The second-order valence-corrected chi connectivity index (χ2v) is 9.22. The van der Waals surface area contributed by atoms with Gasteiger partial charge in [0.25, 0.3) is 0 Å². The standard InChI is InChI=1S/C21H26N2O3S/c1-23(16-18-9-3-2-4-10-18)27(25,26)20-13-11-19(12-14-20)22-21(24)15-17-7-5-6-8-17/h2-4,9-14,17H,5-8,15-16H2,1H3,(H,22,24). The number of carbonyl (C=O) groups excluding carboxylic acids is 1. The highest BCUT2D eigenvalue weighted by atomic mass is 32.2. The van der Waals surface area contributed by atoms with Gasteiger partial charge < -0.3 is 5.32 Å². The van der Waals surface area contributed by atoms with Gasteiger partial charge in [0.2, 0.25) is 15.9 Å². The first-order chi connectivity index (χ1) is 12.9. The van der Waals surface area contributed by atoms with Crippen LogP contribution in [0.2, 0.25) is 0 Å². The first-order valence-corrected chi connectivity index (χ1v) is 10.8. The van der Waals surface area contributed by atoms with Crippen LogP contribution in [0.1, 0.15) is 37.7 Å². The molecule has 1 saturated carbocycles. The number of nitrogens with zero attached hydrogens (tertiary/aromatic N) is 1. The first kappa shape index (κ1) is 19.6. The molecule has 27 heavy (non-hydrogen) atoms. The number of anilines is 1. The number of benzene rings is 2. The molecule has 0 radical (unpaired) electrons. The van der Waals surface area contributed by atoms with Crippen LogP contribution >= 0.6 is 0 Å². The van der Waals surface area contributed by atoms with Gasteiger partial charge in [0.15, 0.2) is 0 Å². The van der Waals surface area contributed by atoms with E-state index in [-0.39, 0.29) is 10.8 Å². The highest BCUT2D eigenvalue weighted by Crippen LogP contribution is 2.28. The predicted octanol–water partition coefficient (Wildman–Crippen LogP) is 4.03. The molecule has 1 N–H and O–H groups in total. The van der Waals surface area contributed by atoms with Crippen LogP contribution in [0.4, 0.5) is 5.69 Å². The lowest BCUT2D eigenvalue weighted by Crippen LogP contribution is -2.26. The third kappa shape index (κ3) is 5.17. The number of rotatable bonds is 7. The largest absolute Gasteiger partial charge is 0.326 e. The number of carbonyl (C=O) groups is 1. The Morgan fingerprint density at radius 1 is 1.04 bits per heavy atom. The SMILES string of the molecule is CN(Cc1ccccc1)S(=O)(=O)c1ccc(NC(=O)CC2CCCC2)cc1. The molecule has 0 heterocycles. The van der Waals surface area contributed by atoms with Gasteiger partial charge in [0, 0.05) is 25.7 Å². The van der Waals surface area contributed by atoms with Crippen molar-refractivity contribution in [2.75, 3.05) is 12.4 Å². The van der Waals surface area contributed by atoms with E-state index in [9.17, 15) is 13.2 Å². The molecule has 1 aliphatic rings. The maximum Gasteiger partial charge on any atom is 0.243 e. The van der Waals surface area contributed by atoms with E-state index in [4.69, 9.17) is 0 Å². The van der Waals surface area contributed by atoms with Gasteiger partial charge in [-0.1, -0.05) is 43.2 Å². The zero-order valence-electron chi connectivity index (χ0n) is 15.6. The molecule has 2 aromatic rings. The lowest BCUT2D eigenvalue weighted by molar-refractivity contribution is -0.117. The molecule has 1 aliphatic carbocycles. The third-order valence-corrected chi connectivity index (χ3v) is 6.86. The molecule has 1 amide bonds. The minimum atomic E-state index is -3.58. The van der Waals surface area contributed by atoms with E-state index in [0.717, 1.165) is 18.4 Å². The van der Waals surface area contributed by atoms with Crippen LogP contribution in [0.25, 0.3) is 0 Å². The number of hydrogen-bond acceptors (Lipinski definition) is 3. The molecule has 2 aromatic carbocycles. The maximum atomic E-state index is 12.7. The highest BCUT2D eigenvalue weighted by molar-refractivity contribution is 7.89. The van der Waals surface area contributed by atoms with Crippen molar-refractivity contribution in [3.8, 4) is 0 Å². The van der Waals surface area contributed by atoms with E-state index in [1.54, 1.807) is 31.3 Å². The summed E-state index contributed by atoms with van der Waals surface area (Å²) in [5.41, 5.74) is 1.56. The topological polar surface area (TPSA) is 66.5 Å². The number of amides is 1. The van der Waals surface area contributed by atoms with Gasteiger partial charge in [0.05, 0.1) is 4.90 Å². The van der Waals surface area contributed by atoms with Gasteiger partial charge in [0.1, 0.15) is 0 Å². The molecular weight excluding hydrogens is 360 g/mol. The van der Waals surface area contributed by atoms with E-state index in [1.165, 1.54) is 17.1 Å². The predicted molar refractivity (Wildman–Crippen MR) is 107 cm³/mol. The van der Waals surface area contributed by atoms with Gasteiger partial charge >= 0.3 is 0 Å². The summed E-state index contributed by atoms with van der Waals surface area (Å²) in [5, 5.41) is 2.87. The zero-order chi connectivity index (χ0) is 19.3. The van der Waals surface area contributed by atoms with Crippen molar-refractivity contribution in [3.63, 3.8) is 0 Å². The Balaban J connectivity index is 1.62. The summed E-state index contributed by atoms with van der Waals surface area (Å²) < 4.78 is 26.8. The van der Waals surface area contributed by atoms with Gasteiger partial charge in [-0.2, -0.15) is 4.31 Å². The Morgan fingerprint density at radius 2 is 1.67 bits per heavy atom. The fraction of sp³-hybridized carbons (Fsp3) is 0.381. The fourth-order valence-corrected chi connectivity index (χ4v) is 4.66. The summed E-state index contributed by atoms with van der Waals surface area (Å²) in [4.78, 5) is 12.3. The molecule has 0 aromatic heterocycles. The number of hydrogen-bond donors (Lipinski definition) is 1. The lowest BCUT2D eigenvalue weighted by Gasteiger charge is -2.17. The van der Waals surface area contributed by atoms with E-state index >= 15 is 0 Å². The molecule has 0 spiro atoms. The number of sulfonamides is 1. The van der Waals surface area contributed by atoms with E-state index in [2.05, 4.69) is 5.32 Å². The summed E-state index contributed by atoms with van der Waals surface area (Å²) in [6.45, 7) is 0.309. The quantitative estimate of drug-likeness (QED) is 0.781. The van der Waals surface area contributed by atoms with Crippen LogP contribution in [0.15, 0.2) is 59.5 Å². The van der Waals surface area contributed by atoms with Crippen LogP contribution in [0.3, 0.4) is 0 Å². The molecule has 5 nitrogen and oxygen atoms in total. The van der Waals surface area contributed by atoms with Gasteiger partial charge in [-0.15, -0.1) is 0 Å². The molecule has 3 rings (SSSR count). The first-order valence-electron chi connectivity index (χ1n) is 9.35. The third-order valence-electron chi connectivity index (χ3n) is 5.04. The van der Waals surface area contributed by atoms with Gasteiger partial charge in [-0.05, 0) is 48.6 Å². The van der Waals surface area contributed by atoms with Crippen LogP contribution in [-0.4, -0.2) is 25.7 Å². The Hall–Kier alpha value is -2.18. The summed E-state index contributed by atoms with van der Waals surface area (Å²) >= 11 is 0. The molecule has 1 fully saturated rings. The van der Waals surface area contributed by atoms with Crippen LogP contribution in [0.5, 0.6) is 0 Å². The van der Waals surface area contributed by atoms with Crippen molar-refractivity contribution in [1.29, 1.82) is 0 Å². The monoisotopic (exact) mass is 386 g/mol. The summed E-state index contributed by atoms with van der Waals surface area (Å²) in [6, 6.07) is 15.9. The smallest absolute Gasteiger partial charge is 0.243 e. The summed E-state index contributed by atoms with van der Waals surface area (Å²) in [5.74, 6) is 0.481. The molecule has 0 aliphatic heterocycles. The molecule has 6 heteroatoms. The van der Waals surface area contributed by atoms with E-state index in [1.807, 2.05) is 30.3 Å². The second-order valence-electron chi connectivity index (χ2n) is 7.17. The minimum absolute atomic E-state index is 0.00120. The van der Waals surface area contributed by atoms with Crippen molar-refractivity contribution < 1.29 is 13.2 Å². The van der Waals surface area contributed by atoms with Crippen LogP contribution < -0.4 is 5.32 Å². The molecule has 144 valence electrons. The molecule has 0 bridgehead atoms. The van der Waals surface area contributed by atoms with Crippen molar-refractivity contribution >= 4 is 21.6 Å². The van der Waals surface area contributed by atoms with E-state index < -0.39 is 10.0 Å². The van der Waals surface area contributed by atoms with E-state index in [0.29, 0.717) is 24.6 Å². The molecular formula is C21H26N2O3S. The van der Waals surface area contributed by atoms with Crippen molar-refractivity contribution in [2.45, 2.75) is 43.5 Å². The molecule has 0 unspecified atom stereocenters. The Morgan fingerprint density at radius 3 is 2.30 bits per heavy atom.